The largest absolute Gasteiger partial charge is 0.396 e. The molecule has 1 N–H and O–H groups in total. The van der Waals surface area contributed by atoms with Crippen molar-refractivity contribution in [3.63, 3.8) is 0 Å². The van der Waals surface area contributed by atoms with Crippen molar-refractivity contribution in [2.45, 2.75) is 45.1 Å². The Morgan fingerprint density at radius 3 is 2.76 bits per heavy atom. The van der Waals surface area contributed by atoms with Gasteiger partial charge in [0.1, 0.15) is 11.9 Å². The second-order valence-electron chi connectivity index (χ2n) is 10.2. The number of carbonyl (C=O) groups excluding carboxylic acids is 1. The first-order valence-corrected chi connectivity index (χ1v) is 12.9. The van der Waals surface area contributed by atoms with E-state index in [0.717, 1.165) is 40.6 Å². The number of benzene rings is 1. The average molecular weight is 497 g/mol. The fourth-order valence-corrected chi connectivity index (χ4v) is 5.25. The van der Waals surface area contributed by atoms with Crippen molar-refractivity contribution in [1.29, 1.82) is 5.26 Å². The van der Waals surface area contributed by atoms with Gasteiger partial charge in [0.2, 0.25) is 5.91 Å². The number of piperazine rings is 1. The topological polar surface area (TPSA) is 106 Å². The van der Waals surface area contributed by atoms with Crippen LogP contribution in [0.5, 0.6) is 0 Å². The third kappa shape index (κ3) is 4.79. The number of nitriles is 1. The molecule has 0 bridgehead atoms. The molecule has 1 atom stereocenters. The Labute approximate surface area is 217 Å². The van der Waals surface area contributed by atoms with Crippen molar-refractivity contribution < 1.29 is 9.90 Å². The van der Waals surface area contributed by atoms with Gasteiger partial charge in [0.15, 0.2) is 5.82 Å². The van der Waals surface area contributed by atoms with Gasteiger partial charge in [0, 0.05) is 49.1 Å². The number of aromatic nitrogens is 3. The fraction of sp³-hybridized carbons (Fsp3) is 0.414. The zero-order valence-electron chi connectivity index (χ0n) is 21.4. The first-order chi connectivity index (χ1) is 17.9. The number of amides is 1. The minimum atomic E-state index is -0.148. The molecule has 37 heavy (non-hydrogen) atoms. The van der Waals surface area contributed by atoms with Gasteiger partial charge in [-0.3, -0.25) is 4.79 Å². The molecule has 3 aromatic rings. The highest BCUT2D eigenvalue weighted by Crippen LogP contribution is 2.46. The van der Waals surface area contributed by atoms with Gasteiger partial charge >= 0.3 is 0 Å². The summed E-state index contributed by atoms with van der Waals surface area (Å²) in [6.45, 7) is 9.57. The number of hydrogen-bond acceptors (Lipinski definition) is 7. The molecule has 3 heterocycles. The molecule has 1 aliphatic carbocycles. The molecule has 5 rings (SSSR count). The molecule has 0 radical (unpaired) electrons. The van der Waals surface area contributed by atoms with Gasteiger partial charge in [-0.1, -0.05) is 32.6 Å². The maximum absolute atomic E-state index is 12.6. The van der Waals surface area contributed by atoms with Crippen LogP contribution in [0.2, 0.25) is 0 Å². The highest BCUT2D eigenvalue weighted by molar-refractivity contribution is 5.95. The number of nitrogens with zero attached hydrogens (tertiary/aromatic N) is 6. The predicted octanol–water partition coefficient (Wildman–Crippen LogP) is 4.14. The van der Waals surface area contributed by atoms with E-state index in [1.165, 1.54) is 0 Å². The summed E-state index contributed by atoms with van der Waals surface area (Å²) in [5.74, 6) is 1.84. The summed E-state index contributed by atoms with van der Waals surface area (Å²) in [7, 11) is 0. The van der Waals surface area contributed by atoms with Crippen LogP contribution in [0.25, 0.3) is 28.1 Å². The first kappa shape index (κ1) is 24.8. The number of anilines is 1. The standard InChI is InChI=1S/C29H32N6O2/c1-4-26-31-16-23-21(6-5-7-24(23)32-26)22-14-20(15-30)29(33-28(22)19-8-9-19)34-11-12-35(27(37)10-13-36)25(17-34)18(2)3/h4-7,14,16,18-19,25,36H,1,8-13,17H2,2-3H3. The molecule has 1 unspecified atom stereocenters. The quantitative estimate of drug-likeness (QED) is 0.524. The van der Waals surface area contributed by atoms with Crippen LogP contribution in [0, 0.1) is 17.2 Å². The summed E-state index contributed by atoms with van der Waals surface area (Å²) < 4.78 is 0. The number of fused-ring (bicyclic) bond motifs is 1. The van der Waals surface area contributed by atoms with Crippen LogP contribution in [0.1, 0.15) is 56.1 Å². The van der Waals surface area contributed by atoms with Crippen LogP contribution in [0.4, 0.5) is 5.82 Å². The molecule has 1 aromatic carbocycles. The molecule has 2 aliphatic rings. The Balaban J connectivity index is 1.56. The lowest BCUT2D eigenvalue weighted by Gasteiger charge is -2.44. The third-order valence-corrected chi connectivity index (χ3v) is 7.37. The van der Waals surface area contributed by atoms with Crippen LogP contribution in [0.3, 0.4) is 0 Å². The summed E-state index contributed by atoms with van der Waals surface area (Å²) in [4.78, 5) is 30.8. The molecule has 1 amide bonds. The predicted molar refractivity (Wildman–Crippen MR) is 144 cm³/mol. The normalized spacial score (nSPS) is 17.8. The zero-order chi connectivity index (χ0) is 26.1. The van der Waals surface area contributed by atoms with Crippen LogP contribution in [-0.2, 0) is 4.79 Å². The van der Waals surface area contributed by atoms with Crippen molar-refractivity contribution in [1.82, 2.24) is 19.9 Å². The maximum Gasteiger partial charge on any atom is 0.225 e. The molecular weight excluding hydrogens is 464 g/mol. The van der Waals surface area contributed by atoms with Gasteiger partial charge in [0.25, 0.3) is 0 Å². The second kappa shape index (κ2) is 10.3. The van der Waals surface area contributed by atoms with E-state index in [2.05, 4.69) is 41.4 Å². The average Bonchev–Trinajstić information content (AvgIpc) is 3.77. The summed E-state index contributed by atoms with van der Waals surface area (Å²) in [5, 5.41) is 20.4. The van der Waals surface area contributed by atoms with Crippen molar-refractivity contribution in [3.05, 3.63) is 54.1 Å². The maximum atomic E-state index is 12.6. The van der Waals surface area contributed by atoms with Crippen LogP contribution in [0.15, 0.2) is 37.0 Å². The van der Waals surface area contributed by atoms with E-state index >= 15 is 0 Å². The van der Waals surface area contributed by atoms with E-state index in [1.54, 1.807) is 6.08 Å². The fourth-order valence-electron chi connectivity index (χ4n) is 5.25. The van der Waals surface area contributed by atoms with Crippen LogP contribution < -0.4 is 4.90 Å². The monoisotopic (exact) mass is 496 g/mol. The number of aliphatic hydroxyl groups excluding tert-OH is 1. The second-order valence-corrected chi connectivity index (χ2v) is 10.2. The summed E-state index contributed by atoms with van der Waals surface area (Å²) in [5.41, 5.74) is 4.30. The molecule has 8 nitrogen and oxygen atoms in total. The number of rotatable bonds is 7. The SMILES string of the molecule is C=Cc1ncc2c(-c3cc(C#N)c(N4CCN(C(=O)CCO)C(C(C)C)C4)nc3C3CC3)cccc2n1. The molecule has 1 aliphatic heterocycles. The Bertz CT molecular complexity index is 1390. The summed E-state index contributed by atoms with van der Waals surface area (Å²) >= 11 is 0. The lowest BCUT2D eigenvalue weighted by molar-refractivity contribution is -0.135. The van der Waals surface area contributed by atoms with E-state index in [0.29, 0.717) is 42.8 Å². The van der Waals surface area contributed by atoms with Crippen LogP contribution in [-0.4, -0.2) is 63.1 Å². The third-order valence-electron chi connectivity index (χ3n) is 7.37. The van der Waals surface area contributed by atoms with Crippen molar-refractivity contribution in [2.75, 3.05) is 31.1 Å². The highest BCUT2D eigenvalue weighted by atomic mass is 16.3. The molecule has 2 aromatic heterocycles. The molecule has 1 saturated heterocycles. The number of aliphatic hydroxyl groups is 1. The van der Waals surface area contributed by atoms with Gasteiger partial charge in [-0.15, -0.1) is 0 Å². The Morgan fingerprint density at radius 1 is 1.27 bits per heavy atom. The molecule has 190 valence electrons. The Hall–Kier alpha value is -3.83. The number of hydrogen-bond donors (Lipinski definition) is 1. The van der Waals surface area contributed by atoms with E-state index < -0.39 is 0 Å². The number of pyridine rings is 1. The van der Waals surface area contributed by atoms with Gasteiger partial charge in [-0.25, -0.2) is 15.0 Å². The van der Waals surface area contributed by atoms with Gasteiger partial charge in [-0.2, -0.15) is 5.26 Å². The van der Waals surface area contributed by atoms with E-state index in [-0.39, 0.29) is 30.9 Å². The minimum Gasteiger partial charge on any atom is -0.396 e. The minimum absolute atomic E-state index is 0.0144. The highest BCUT2D eigenvalue weighted by Gasteiger charge is 2.35. The molecule has 0 spiro atoms. The lowest BCUT2D eigenvalue weighted by atomic mass is 9.95. The van der Waals surface area contributed by atoms with Crippen molar-refractivity contribution in [2.24, 2.45) is 5.92 Å². The van der Waals surface area contributed by atoms with Crippen LogP contribution >= 0.6 is 0 Å². The Kier molecular flexibility index (Phi) is 6.90. The zero-order valence-corrected chi connectivity index (χ0v) is 21.4. The van der Waals surface area contributed by atoms with Gasteiger partial charge in [-0.05, 0) is 42.5 Å². The first-order valence-electron chi connectivity index (χ1n) is 12.9. The number of carbonyl (C=O) groups is 1. The molecule has 8 heteroatoms. The van der Waals surface area contributed by atoms with Gasteiger partial charge in [0.05, 0.1) is 29.4 Å². The van der Waals surface area contributed by atoms with Crippen molar-refractivity contribution >= 4 is 28.7 Å². The van der Waals surface area contributed by atoms with E-state index in [4.69, 9.17) is 4.98 Å². The lowest BCUT2D eigenvalue weighted by Crippen LogP contribution is -2.57. The molecular formula is C29H32N6O2. The molecule has 1 saturated carbocycles. The van der Waals surface area contributed by atoms with E-state index in [9.17, 15) is 15.2 Å². The Morgan fingerprint density at radius 2 is 2.08 bits per heavy atom. The molecule has 2 fully saturated rings. The summed E-state index contributed by atoms with van der Waals surface area (Å²) in [6, 6.07) is 10.3. The smallest absolute Gasteiger partial charge is 0.225 e. The van der Waals surface area contributed by atoms with Crippen molar-refractivity contribution in [3.8, 4) is 17.2 Å². The summed E-state index contributed by atoms with van der Waals surface area (Å²) in [6.07, 6.45) is 5.74. The van der Waals surface area contributed by atoms with Gasteiger partial charge < -0.3 is 14.9 Å². The van der Waals surface area contributed by atoms with E-state index in [1.807, 2.05) is 35.4 Å².